The molecule has 3 amide bonds. The Bertz CT molecular complexity index is 530. The lowest BCUT2D eigenvalue weighted by atomic mass is 10.1. The zero-order chi connectivity index (χ0) is 15.2. The molecule has 21 heavy (non-hydrogen) atoms. The molecule has 1 unspecified atom stereocenters. The molecule has 1 aromatic rings. The Morgan fingerprint density at radius 3 is 2.71 bits per heavy atom. The first-order chi connectivity index (χ1) is 10.1. The fourth-order valence-electron chi connectivity index (χ4n) is 2.25. The van der Waals surface area contributed by atoms with Gasteiger partial charge < -0.3 is 9.64 Å². The van der Waals surface area contributed by atoms with E-state index in [0.29, 0.717) is 13.0 Å². The molecule has 0 aliphatic carbocycles. The van der Waals surface area contributed by atoms with E-state index in [1.54, 1.807) is 6.92 Å². The van der Waals surface area contributed by atoms with Crippen LogP contribution in [-0.2, 0) is 25.7 Å². The molecule has 1 heterocycles. The Morgan fingerprint density at radius 1 is 1.33 bits per heavy atom. The van der Waals surface area contributed by atoms with Crippen LogP contribution in [-0.4, -0.2) is 41.8 Å². The number of nitrogens with zero attached hydrogens (tertiary/aromatic N) is 1. The molecule has 6 heteroatoms. The predicted octanol–water partition coefficient (Wildman–Crippen LogP) is 0.467. The van der Waals surface area contributed by atoms with Crippen LogP contribution in [0.5, 0.6) is 0 Å². The van der Waals surface area contributed by atoms with Crippen LogP contribution in [0.4, 0.5) is 0 Å². The van der Waals surface area contributed by atoms with Gasteiger partial charge >= 0.3 is 0 Å². The van der Waals surface area contributed by atoms with Crippen molar-refractivity contribution in [2.24, 2.45) is 0 Å². The first-order valence-corrected chi connectivity index (χ1v) is 6.86. The van der Waals surface area contributed by atoms with Crippen LogP contribution >= 0.6 is 0 Å². The van der Waals surface area contributed by atoms with E-state index in [2.05, 4.69) is 5.32 Å². The van der Waals surface area contributed by atoms with E-state index < -0.39 is 17.9 Å². The van der Waals surface area contributed by atoms with Gasteiger partial charge in [0.15, 0.2) is 0 Å². The van der Waals surface area contributed by atoms with Crippen molar-refractivity contribution >= 4 is 17.7 Å². The lowest BCUT2D eigenvalue weighted by Gasteiger charge is -2.33. The third-order valence-electron chi connectivity index (χ3n) is 3.30. The molecular weight excluding hydrogens is 272 g/mol. The largest absolute Gasteiger partial charge is 0.367 e. The van der Waals surface area contributed by atoms with Gasteiger partial charge in [-0.15, -0.1) is 0 Å². The number of nitrogens with one attached hydrogen (secondary N) is 1. The summed E-state index contributed by atoms with van der Waals surface area (Å²) in [6.07, 6.45) is 0.462. The van der Waals surface area contributed by atoms with Crippen molar-refractivity contribution in [2.75, 3.05) is 13.2 Å². The molecule has 1 aromatic carbocycles. The van der Waals surface area contributed by atoms with Crippen molar-refractivity contribution in [3.8, 4) is 0 Å². The fraction of sp³-hybridized carbons (Fsp3) is 0.400. The molecule has 0 radical (unpaired) electrons. The summed E-state index contributed by atoms with van der Waals surface area (Å²) in [5.74, 6) is -1.23. The highest BCUT2D eigenvalue weighted by Crippen LogP contribution is 2.10. The van der Waals surface area contributed by atoms with Crippen LogP contribution in [0.2, 0.25) is 0 Å². The summed E-state index contributed by atoms with van der Waals surface area (Å²) >= 11 is 0. The zero-order valence-corrected chi connectivity index (χ0v) is 11.9. The molecule has 0 bridgehead atoms. The Morgan fingerprint density at radius 2 is 2.05 bits per heavy atom. The predicted molar refractivity (Wildman–Crippen MR) is 75.0 cm³/mol. The highest BCUT2D eigenvalue weighted by atomic mass is 16.5. The topological polar surface area (TPSA) is 75.7 Å². The van der Waals surface area contributed by atoms with Crippen molar-refractivity contribution in [3.05, 3.63) is 35.9 Å². The highest BCUT2D eigenvalue weighted by molar-refractivity contribution is 6.04. The molecule has 1 aliphatic heterocycles. The quantitative estimate of drug-likeness (QED) is 0.800. The Balaban J connectivity index is 1.89. The van der Waals surface area contributed by atoms with E-state index in [4.69, 9.17) is 4.74 Å². The van der Waals surface area contributed by atoms with Gasteiger partial charge in [0.05, 0.1) is 6.61 Å². The molecule has 0 spiro atoms. The first kappa shape index (κ1) is 15.2. The van der Waals surface area contributed by atoms with Gasteiger partial charge in [0.25, 0.3) is 0 Å². The van der Waals surface area contributed by atoms with Crippen LogP contribution in [0.3, 0.4) is 0 Å². The standard InChI is InChI=1S/C15H18N2O4/c1-2-12-15(20)16-13(18)8-17(12)14(19)10-21-9-11-6-4-3-5-7-11/h3-7,12H,2,8-10H2,1H3,(H,16,18,20). The molecule has 0 saturated carbocycles. The lowest BCUT2D eigenvalue weighted by Crippen LogP contribution is -2.60. The second kappa shape index (κ2) is 6.99. The second-order valence-corrected chi connectivity index (χ2v) is 4.84. The number of amides is 3. The van der Waals surface area contributed by atoms with Crippen molar-refractivity contribution in [1.82, 2.24) is 10.2 Å². The van der Waals surface area contributed by atoms with Gasteiger partial charge in [0.2, 0.25) is 17.7 Å². The van der Waals surface area contributed by atoms with Crippen molar-refractivity contribution in [1.29, 1.82) is 0 Å². The van der Waals surface area contributed by atoms with E-state index in [9.17, 15) is 14.4 Å². The Kier molecular flexibility index (Phi) is 5.05. The Hall–Kier alpha value is -2.21. The number of imide groups is 1. The maximum absolute atomic E-state index is 12.1. The van der Waals surface area contributed by atoms with Crippen LogP contribution in [0, 0.1) is 0 Å². The van der Waals surface area contributed by atoms with Gasteiger partial charge in [-0.05, 0) is 12.0 Å². The summed E-state index contributed by atoms with van der Waals surface area (Å²) < 4.78 is 5.36. The van der Waals surface area contributed by atoms with Crippen LogP contribution in [0.1, 0.15) is 18.9 Å². The summed E-state index contributed by atoms with van der Waals surface area (Å²) in [5, 5.41) is 2.23. The SMILES string of the molecule is CCC1C(=O)NC(=O)CN1C(=O)COCc1ccccc1. The molecule has 1 fully saturated rings. The van der Waals surface area contributed by atoms with E-state index in [1.165, 1.54) is 4.90 Å². The smallest absolute Gasteiger partial charge is 0.249 e. The molecule has 1 saturated heterocycles. The summed E-state index contributed by atoms with van der Waals surface area (Å²) in [4.78, 5) is 36.5. The number of hydrogen-bond acceptors (Lipinski definition) is 4. The van der Waals surface area contributed by atoms with Crippen molar-refractivity contribution in [2.45, 2.75) is 26.0 Å². The molecule has 1 aliphatic rings. The second-order valence-electron chi connectivity index (χ2n) is 4.84. The number of piperazine rings is 1. The number of carbonyl (C=O) groups is 3. The minimum Gasteiger partial charge on any atom is -0.367 e. The number of hydrogen-bond donors (Lipinski definition) is 1. The van der Waals surface area contributed by atoms with Crippen LogP contribution in [0.25, 0.3) is 0 Å². The minimum absolute atomic E-state index is 0.0994. The molecule has 0 aromatic heterocycles. The minimum atomic E-state index is -0.601. The maximum atomic E-state index is 12.1. The third kappa shape index (κ3) is 3.88. The van der Waals surface area contributed by atoms with Crippen molar-refractivity contribution < 1.29 is 19.1 Å². The summed E-state index contributed by atoms with van der Waals surface area (Å²) in [6, 6.07) is 8.88. The molecule has 2 rings (SSSR count). The zero-order valence-electron chi connectivity index (χ0n) is 11.9. The van der Waals surface area contributed by atoms with Gasteiger partial charge in [0, 0.05) is 0 Å². The van der Waals surface area contributed by atoms with Gasteiger partial charge in [-0.2, -0.15) is 0 Å². The lowest BCUT2D eigenvalue weighted by molar-refractivity contribution is -0.152. The van der Waals surface area contributed by atoms with Crippen molar-refractivity contribution in [3.63, 3.8) is 0 Å². The van der Waals surface area contributed by atoms with E-state index in [-0.39, 0.29) is 19.1 Å². The third-order valence-corrected chi connectivity index (χ3v) is 3.30. The molecular formula is C15H18N2O4. The van der Waals surface area contributed by atoms with Gasteiger partial charge in [-0.25, -0.2) is 0 Å². The summed E-state index contributed by atoms with van der Waals surface area (Å²) in [5.41, 5.74) is 0.963. The number of benzene rings is 1. The van der Waals surface area contributed by atoms with Gasteiger partial charge in [-0.1, -0.05) is 37.3 Å². The van der Waals surface area contributed by atoms with Gasteiger partial charge in [-0.3, -0.25) is 19.7 Å². The average Bonchev–Trinajstić information content (AvgIpc) is 2.47. The highest BCUT2D eigenvalue weighted by Gasteiger charge is 2.35. The molecule has 112 valence electrons. The molecule has 1 N–H and O–H groups in total. The number of carbonyl (C=O) groups excluding carboxylic acids is 3. The van der Waals surface area contributed by atoms with Gasteiger partial charge in [0.1, 0.15) is 19.2 Å². The Labute approximate surface area is 123 Å². The van der Waals surface area contributed by atoms with E-state index in [1.807, 2.05) is 30.3 Å². The molecule has 1 atom stereocenters. The van der Waals surface area contributed by atoms with E-state index in [0.717, 1.165) is 5.56 Å². The average molecular weight is 290 g/mol. The first-order valence-electron chi connectivity index (χ1n) is 6.86. The number of rotatable bonds is 5. The number of ether oxygens (including phenoxy) is 1. The normalized spacial score (nSPS) is 18.5. The fourth-order valence-corrected chi connectivity index (χ4v) is 2.25. The summed E-state index contributed by atoms with van der Waals surface area (Å²) in [7, 11) is 0. The van der Waals surface area contributed by atoms with Crippen LogP contribution in [0.15, 0.2) is 30.3 Å². The maximum Gasteiger partial charge on any atom is 0.249 e. The van der Waals surface area contributed by atoms with Crippen LogP contribution < -0.4 is 5.32 Å². The molecule has 6 nitrogen and oxygen atoms in total. The van der Waals surface area contributed by atoms with E-state index >= 15 is 0 Å². The monoisotopic (exact) mass is 290 g/mol. The summed E-state index contributed by atoms with van der Waals surface area (Å²) in [6.45, 7) is 1.87.